The van der Waals surface area contributed by atoms with Gasteiger partial charge < -0.3 is 23.4 Å². The first-order chi connectivity index (χ1) is 19.4. The molecule has 4 saturated carbocycles. The van der Waals surface area contributed by atoms with E-state index in [0.29, 0.717) is 17.8 Å². The van der Waals surface area contributed by atoms with Crippen molar-refractivity contribution in [1.29, 1.82) is 0 Å². The van der Waals surface area contributed by atoms with Gasteiger partial charge in [-0.15, -0.1) is 0 Å². The Labute approximate surface area is 266 Å². The lowest BCUT2D eigenvalue weighted by molar-refractivity contribution is -0.213. The Morgan fingerprint density at radius 1 is 0.837 bits per heavy atom. The number of allylic oxidation sites excluding steroid dienone is 1. The van der Waals surface area contributed by atoms with Crippen molar-refractivity contribution in [3.8, 4) is 0 Å². The summed E-state index contributed by atoms with van der Waals surface area (Å²) in [6.07, 6.45) is 7.31. The molecule has 0 aromatic carbocycles. The van der Waals surface area contributed by atoms with Crippen LogP contribution in [0.1, 0.15) is 108 Å². The first-order valence-electron chi connectivity index (χ1n) is 17.4. The maximum absolute atomic E-state index is 11.5. The molecule has 5 rings (SSSR count). The summed E-state index contributed by atoms with van der Waals surface area (Å²) in [5.74, 6) is 0.725. The van der Waals surface area contributed by atoms with Crippen molar-refractivity contribution in [2.75, 3.05) is 0 Å². The third-order valence-electron chi connectivity index (χ3n) is 14.1. The summed E-state index contributed by atoms with van der Waals surface area (Å²) in [6, 6.07) is 0. The molecule has 1 N–H and O–H groups in total. The number of fused-ring (bicyclic) bond motifs is 8. The van der Waals surface area contributed by atoms with E-state index in [9.17, 15) is 5.11 Å². The monoisotopic (exact) mass is 634 g/mol. The minimum atomic E-state index is -2.09. The Bertz CT molecular complexity index is 1100. The summed E-state index contributed by atoms with van der Waals surface area (Å²) in [4.78, 5) is 0. The SMILES string of the molecule is C/C=C1/[C@H](O)C[C@H]2[C@@H]3[C@H]4OC(C)(C)O[C@@H]4[C@H]4C[C@@H](O[Si](C)(C)C(C)(C)C)CC[C@]4(C)[C@H]3[C@@H](O[Si](C)(C)C(C)(C)C)C[C@]12C. The van der Waals surface area contributed by atoms with Gasteiger partial charge >= 0.3 is 0 Å². The highest BCUT2D eigenvalue weighted by molar-refractivity contribution is 6.74. The molecular weight excluding hydrogens is 569 g/mol. The zero-order chi connectivity index (χ0) is 32.3. The number of hydrogen-bond donors (Lipinski definition) is 1. The number of rotatable bonds is 4. The van der Waals surface area contributed by atoms with E-state index in [1.807, 2.05) is 0 Å². The second-order valence-electron chi connectivity index (χ2n) is 19.2. The third-order valence-corrected chi connectivity index (χ3v) is 23.2. The summed E-state index contributed by atoms with van der Waals surface area (Å²) in [5.41, 5.74) is 1.17. The van der Waals surface area contributed by atoms with Gasteiger partial charge in [-0.3, -0.25) is 0 Å². The zero-order valence-corrected chi connectivity index (χ0v) is 32.4. The van der Waals surface area contributed by atoms with Gasteiger partial charge in [-0.05, 0) is 129 Å². The highest BCUT2D eigenvalue weighted by Gasteiger charge is 2.71. The van der Waals surface area contributed by atoms with Crippen molar-refractivity contribution >= 4 is 16.6 Å². The molecule has 0 aromatic heterocycles. The lowest BCUT2D eigenvalue weighted by Crippen LogP contribution is -2.68. The fourth-order valence-corrected chi connectivity index (χ4v) is 12.7. The van der Waals surface area contributed by atoms with Gasteiger partial charge in [0.15, 0.2) is 22.4 Å². The van der Waals surface area contributed by atoms with Crippen LogP contribution in [0, 0.1) is 34.5 Å². The smallest absolute Gasteiger partial charge is 0.192 e. The van der Waals surface area contributed by atoms with E-state index in [0.717, 1.165) is 32.1 Å². The molecule has 5 aliphatic rings. The number of aliphatic hydroxyl groups excluding tert-OH is 1. The molecule has 0 aromatic rings. The minimum absolute atomic E-state index is 0.00300. The molecule has 7 heteroatoms. The van der Waals surface area contributed by atoms with Crippen LogP contribution in [-0.4, -0.2) is 58.0 Å². The van der Waals surface area contributed by atoms with Crippen LogP contribution in [0.2, 0.25) is 36.3 Å². The molecule has 1 saturated heterocycles. The zero-order valence-electron chi connectivity index (χ0n) is 30.4. The van der Waals surface area contributed by atoms with Crippen LogP contribution in [0.15, 0.2) is 11.6 Å². The third kappa shape index (κ3) is 5.45. The van der Waals surface area contributed by atoms with E-state index in [2.05, 4.69) is 108 Å². The fraction of sp³-hybridized carbons (Fsp3) is 0.944. The molecular formula is C36H66O5Si2. The first kappa shape index (κ1) is 34.3. The summed E-state index contributed by atoms with van der Waals surface area (Å²) in [6.45, 7) is 35.1. The van der Waals surface area contributed by atoms with Crippen LogP contribution in [-0.2, 0) is 18.3 Å². The normalized spacial score (nSPS) is 45.9. The van der Waals surface area contributed by atoms with Gasteiger partial charge in [-0.25, -0.2) is 0 Å². The Morgan fingerprint density at radius 3 is 1.95 bits per heavy atom. The van der Waals surface area contributed by atoms with Gasteiger partial charge in [0, 0.05) is 12.2 Å². The molecule has 5 fully saturated rings. The Morgan fingerprint density at radius 2 is 1.40 bits per heavy atom. The number of hydrogen-bond acceptors (Lipinski definition) is 5. The largest absolute Gasteiger partial charge is 0.414 e. The Balaban J connectivity index is 1.61. The van der Waals surface area contributed by atoms with Crippen molar-refractivity contribution in [1.82, 2.24) is 0 Å². The molecule has 0 amide bonds. The predicted molar refractivity (Wildman–Crippen MR) is 181 cm³/mol. The van der Waals surface area contributed by atoms with Crippen LogP contribution >= 0.6 is 0 Å². The van der Waals surface area contributed by atoms with E-state index < -0.39 is 22.4 Å². The van der Waals surface area contributed by atoms with E-state index >= 15 is 0 Å². The van der Waals surface area contributed by atoms with E-state index in [4.69, 9.17) is 18.3 Å². The van der Waals surface area contributed by atoms with Crippen LogP contribution < -0.4 is 0 Å². The van der Waals surface area contributed by atoms with Crippen molar-refractivity contribution in [2.45, 2.75) is 181 Å². The minimum Gasteiger partial charge on any atom is -0.414 e. The van der Waals surface area contributed by atoms with E-state index in [-0.39, 0.29) is 57.3 Å². The first-order valence-corrected chi connectivity index (χ1v) is 23.3. The van der Waals surface area contributed by atoms with Crippen molar-refractivity contribution in [3.05, 3.63) is 11.6 Å². The standard InChI is InChI=1S/C36H66O5Si2/c1-16-23-26(37)20-24-28-29(27(21-36(23,24)11)41-43(14,15)33(5,6)7)35(10)18-17-22(40-42(12,13)32(2,3)4)19-25(35)30-31(28)39-34(8,9)38-30/h16,22,24-31,37H,17-21H2,1-15H3/b23-16-/t22-,24-,25+,26+,27-,28-,29-,30+,31+,35-,36+/m0/s1. The lowest BCUT2D eigenvalue weighted by Gasteiger charge is -2.66. The van der Waals surface area contributed by atoms with Crippen LogP contribution in [0.3, 0.4) is 0 Å². The highest BCUT2D eigenvalue weighted by Crippen LogP contribution is 2.70. The molecule has 1 aliphatic heterocycles. The van der Waals surface area contributed by atoms with Gasteiger partial charge in [0.1, 0.15) is 0 Å². The van der Waals surface area contributed by atoms with Crippen molar-refractivity contribution in [3.63, 3.8) is 0 Å². The molecule has 11 atom stereocenters. The molecule has 4 aliphatic carbocycles. The van der Waals surface area contributed by atoms with Crippen LogP contribution in [0.4, 0.5) is 0 Å². The van der Waals surface area contributed by atoms with E-state index in [1.54, 1.807) is 0 Å². The van der Waals surface area contributed by atoms with Gasteiger partial charge in [-0.2, -0.15) is 0 Å². The summed E-state index contributed by atoms with van der Waals surface area (Å²) >= 11 is 0. The van der Waals surface area contributed by atoms with Gasteiger partial charge in [0.05, 0.1) is 18.3 Å². The van der Waals surface area contributed by atoms with Crippen molar-refractivity contribution in [2.24, 2.45) is 34.5 Å². The second-order valence-corrected chi connectivity index (χ2v) is 28.7. The molecule has 43 heavy (non-hydrogen) atoms. The van der Waals surface area contributed by atoms with Crippen molar-refractivity contribution < 1.29 is 23.4 Å². The topological polar surface area (TPSA) is 57.2 Å². The summed E-state index contributed by atoms with van der Waals surface area (Å²) < 4.78 is 28.7. The van der Waals surface area contributed by atoms with E-state index in [1.165, 1.54) is 5.57 Å². The average molecular weight is 635 g/mol. The quantitative estimate of drug-likeness (QED) is 0.247. The molecule has 0 unspecified atom stereocenters. The number of ether oxygens (including phenoxy) is 2. The van der Waals surface area contributed by atoms with Gasteiger partial charge in [0.25, 0.3) is 0 Å². The van der Waals surface area contributed by atoms with Crippen LogP contribution in [0.5, 0.6) is 0 Å². The average Bonchev–Trinajstić information content (AvgIpc) is 3.28. The van der Waals surface area contributed by atoms with Crippen LogP contribution in [0.25, 0.3) is 0 Å². The fourth-order valence-electron chi connectivity index (χ4n) is 9.98. The molecule has 248 valence electrons. The second kappa shape index (κ2) is 10.5. The predicted octanol–water partition coefficient (Wildman–Crippen LogP) is 9.08. The summed E-state index contributed by atoms with van der Waals surface area (Å²) in [7, 11) is -3.99. The summed E-state index contributed by atoms with van der Waals surface area (Å²) in [5, 5.41) is 11.8. The molecule has 0 bridgehead atoms. The van der Waals surface area contributed by atoms with Gasteiger partial charge in [0.2, 0.25) is 0 Å². The maximum atomic E-state index is 11.5. The Kier molecular flexibility index (Phi) is 8.37. The van der Waals surface area contributed by atoms with Gasteiger partial charge in [-0.1, -0.05) is 61.5 Å². The number of aliphatic hydroxyl groups is 1. The Hall–Kier alpha value is -0.0262. The molecule has 1 heterocycles. The molecule has 0 spiro atoms. The maximum Gasteiger partial charge on any atom is 0.192 e. The molecule has 0 radical (unpaired) electrons. The molecule has 5 nitrogen and oxygen atoms in total. The lowest BCUT2D eigenvalue weighted by atomic mass is 9.43. The highest BCUT2D eigenvalue weighted by atomic mass is 28.4.